The van der Waals surface area contributed by atoms with Crippen molar-refractivity contribution in [2.75, 3.05) is 19.3 Å². The van der Waals surface area contributed by atoms with Crippen LogP contribution in [0, 0.1) is 0 Å². The maximum absolute atomic E-state index is 11.8. The molecule has 1 fully saturated rings. The number of carbonyl (C=O) groups is 1. The second-order valence-electron chi connectivity index (χ2n) is 4.71. The van der Waals surface area contributed by atoms with E-state index in [1.165, 1.54) is 10.6 Å². The highest BCUT2D eigenvalue weighted by atomic mass is 32.2. The first-order valence-corrected chi connectivity index (χ1v) is 8.02. The van der Waals surface area contributed by atoms with Crippen molar-refractivity contribution in [1.29, 1.82) is 0 Å². The zero-order chi connectivity index (χ0) is 13.9. The number of nitrogens with one attached hydrogen (secondary N) is 1. The highest BCUT2D eigenvalue weighted by molar-refractivity contribution is 7.88. The molecule has 0 saturated carbocycles. The van der Waals surface area contributed by atoms with Crippen molar-refractivity contribution in [3.05, 3.63) is 18.5 Å². The molecule has 0 aromatic carbocycles. The molecule has 0 atom stereocenters. The van der Waals surface area contributed by atoms with E-state index < -0.39 is 10.0 Å². The topological polar surface area (TPSA) is 84.3 Å². The summed E-state index contributed by atoms with van der Waals surface area (Å²) < 4.78 is 25.7. The van der Waals surface area contributed by atoms with Crippen LogP contribution >= 0.6 is 0 Å². The van der Waals surface area contributed by atoms with Gasteiger partial charge in [0.15, 0.2) is 0 Å². The Morgan fingerprint density at radius 2 is 2.11 bits per heavy atom. The second kappa shape index (κ2) is 5.70. The molecule has 2 rings (SSSR count). The Morgan fingerprint density at radius 1 is 1.42 bits per heavy atom. The van der Waals surface area contributed by atoms with Crippen molar-refractivity contribution in [3.8, 4) is 0 Å². The fraction of sp³-hybridized carbons (Fsp3) is 0.636. The molecule has 106 valence electrons. The minimum Gasteiger partial charge on any atom is -0.352 e. The van der Waals surface area contributed by atoms with Crippen LogP contribution in [-0.4, -0.2) is 53.8 Å². The van der Waals surface area contributed by atoms with Crippen LogP contribution in [0.4, 0.5) is 0 Å². The van der Waals surface area contributed by atoms with Gasteiger partial charge in [0.25, 0.3) is 0 Å². The molecule has 0 bridgehead atoms. The van der Waals surface area contributed by atoms with Gasteiger partial charge in [-0.25, -0.2) is 12.7 Å². The number of sulfonamides is 1. The first-order chi connectivity index (χ1) is 8.95. The summed E-state index contributed by atoms with van der Waals surface area (Å²) in [5.74, 6) is -0.0958. The van der Waals surface area contributed by atoms with Crippen molar-refractivity contribution in [2.45, 2.75) is 25.4 Å². The molecule has 1 saturated heterocycles. The first-order valence-electron chi connectivity index (χ1n) is 6.17. The second-order valence-corrected chi connectivity index (χ2v) is 6.69. The van der Waals surface area contributed by atoms with Gasteiger partial charge in [-0.05, 0) is 18.9 Å². The van der Waals surface area contributed by atoms with Gasteiger partial charge in [0.2, 0.25) is 15.9 Å². The SMILES string of the molecule is CS(=O)(=O)N1CCC(NC(=O)Cn2cccn2)CC1. The zero-order valence-corrected chi connectivity index (χ0v) is 11.6. The van der Waals surface area contributed by atoms with Crippen molar-refractivity contribution >= 4 is 15.9 Å². The van der Waals surface area contributed by atoms with Crippen molar-refractivity contribution in [2.24, 2.45) is 0 Å². The summed E-state index contributed by atoms with van der Waals surface area (Å²) in [6.45, 7) is 1.12. The quantitative estimate of drug-likeness (QED) is 0.803. The molecule has 1 aromatic rings. The Morgan fingerprint density at radius 3 is 2.63 bits per heavy atom. The van der Waals surface area contributed by atoms with Crippen molar-refractivity contribution in [1.82, 2.24) is 19.4 Å². The van der Waals surface area contributed by atoms with Gasteiger partial charge in [-0.15, -0.1) is 0 Å². The predicted octanol–water partition coefficient (Wildman–Crippen LogP) is -0.577. The molecule has 0 radical (unpaired) electrons. The third-order valence-electron chi connectivity index (χ3n) is 3.15. The van der Waals surface area contributed by atoms with E-state index in [0.29, 0.717) is 25.9 Å². The number of piperidine rings is 1. The standard InChI is InChI=1S/C11H18N4O3S/c1-19(17,18)15-7-3-10(4-8-15)13-11(16)9-14-6-2-5-12-14/h2,5-6,10H,3-4,7-9H2,1H3,(H,13,16). The van der Waals surface area contributed by atoms with E-state index in [-0.39, 0.29) is 18.5 Å². The molecule has 0 spiro atoms. The fourth-order valence-electron chi connectivity index (χ4n) is 2.15. The molecule has 1 aliphatic rings. The van der Waals surface area contributed by atoms with Gasteiger partial charge >= 0.3 is 0 Å². The van der Waals surface area contributed by atoms with Crippen LogP contribution < -0.4 is 5.32 Å². The van der Waals surface area contributed by atoms with Crippen molar-refractivity contribution in [3.63, 3.8) is 0 Å². The van der Waals surface area contributed by atoms with Gasteiger partial charge in [-0.2, -0.15) is 5.10 Å². The van der Waals surface area contributed by atoms with Gasteiger partial charge < -0.3 is 5.32 Å². The number of aromatic nitrogens is 2. The number of rotatable bonds is 4. The van der Waals surface area contributed by atoms with Gasteiger partial charge in [0.1, 0.15) is 6.54 Å². The molecule has 1 aliphatic heterocycles. The Kier molecular flexibility index (Phi) is 4.20. The lowest BCUT2D eigenvalue weighted by Crippen LogP contribution is -2.46. The van der Waals surface area contributed by atoms with Gasteiger partial charge in [-0.3, -0.25) is 9.48 Å². The molecule has 19 heavy (non-hydrogen) atoms. The average molecular weight is 286 g/mol. The summed E-state index contributed by atoms with van der Waals surface area (Å²) in [5.41, 5.74) is 0. The third-order valence-corrected chi connectivity index (χ3v) is 4.46. The molecular weight excluding hydrogens is 268 g/mol. The van der Waals surface area contributed by atoms with Crippen LogP contribution in [0.2, 0.25) is 0 Å². The summed E-state index contributed by atoms with van der Waals surface area (Å²) in [4.78, 5) is 11.8. The molecule has 1 N–H and O–H groups in total. The van der Waals surface area contributed by atoms with Crippen LogP contribution in [0.5, 0.6) is 0 Å². The van der Waals surface area contributed by atoms with E-state index in [9.17, 15) is 13.2 Å². The monoisotopic (exact) mass is 286 g/mol. The summed E-state index contributed by atoms with van der Waals surface area (Å²) in [7, 11) is -3.11. The molecule has 1 amide bonds. The Bertz CT molecular complexity index is 518. The average Bonchev–Trinajstić information content (AvgIpc) is 2.81. The minimum absolute atomic E-state index is 0.0427. The molecule has 1 aromatic heterocycles. The number of amides is 1. The van der Waals surface area contributed by atoms with E-state index in [0.717, 1.165) is 0 Å². The lowest BCUT2D eigenvalue weighted by atomic mass is 10.1. The van der Waals surface area contributed by atoms with Crippen LogP contribution in [0.15, 0.2) is 18.5 Å². The number of carbonyl (C=O) groups excluding carboxylic acids is 1. The molecule has 8 heteroatoms. The normalized spacial score (nSPS) is 18.4. The lowest BCUT2D eigenvalue weighted by Gasteiger charge is -2.30. The zero-order valence-electron chi connectivity index (χ0n) is 10.8. The van der Waals surface area contributed by atoms with Crippen LogP contribution in [0.3, 0.4) is 0 Å². The lowest BCUT2D eigenvalue weighted by molar-refractivity contribution is -0.122. The van der Waals surface area contributed by atoms with Gasteiger partial charge in [0.05, 0.1) is 6.26 Å². The third kappa shape index (κ3) is 4.03. The highest BCUT2D eigenvalue weighted by Gasteiger charge is 2.25. The molecule has 2 heterocycles. The fourth-order valence-corrected chi connectivity index (χ4v) is 3.02. The number of hydrogen-bond donors (Lipinski definition) is 1. The summed E-state index contributed by atoms with van der Waals surface area (Å²) in [5, 5.41) is 6.87. The highest BCUT2D eigenvalue weighted by Crippen LogP contribution is 2.13. The number of hydrogen-bond acceptors (Lipinski definition) is 4. The van der Waals surface area contributed by atoms with Crippen molar-refractivity contribution < 1.29 is 13.2 Å². The maximum Gasteiger partial charge on any atom is 0.241 e. The molecule has 0 aliphatic carbocycles. The van der Waals surface area contributed by atoms with Gasteiger partial charge in [0, 0.05) is 31.5 Å². The van der Waals surface area contributed by atoms with E-state index >= 15 is 0 Å². The minimum atomic E-state index is -3.11. The summed E-state index contributed by atoms with van der Waals surface area (Å²) in [6, 6.07) is 1.80. The molecule has 7 nitrogen and oxygen atoms in total. The van der Waals surface area contributed by atoms with Crippen LogP contribution in [0.25, 0.3) is 0 Å². The smallest absolute Gasteiger partial charge is 0.241 e. The van der Waals surface area contributed by atoms with E-state index in [1.807, 2.05) is 0 Å². The molecular formula is C11H18N4O3S. The van der Waals surface area contributed by atoms with E-state index in [2.05, 4.69) is 10.4 Å². The largest absolute Gasteiger partial charge is 0.352 e. The maximum atomic E-state index is 11.8. The summed E-state index contributed by atoms with van der Waals surface area (Å²) >= 11 is 0. The number of nitrogens with zero attached hydrogens (tertiary/aromatic N) is 3. The Hall–Kier alpha value is -1.41. The van der Waals surface area contributed by atoms with Gasteiger partial charge in [-0.1, -0.05) is 0 Å². The van der Waals surface area contributed by atoms with Crippen LogP contribution in [-0.2, 0) is 21.4 Å². The predicted molar refractivity (Wildman–Crippen MR) is 69.8 cm³/mol. The van der Waals surface area contributed by atoms with Crippen LogP contribution in [0.1, 0.15) is 12.8 Å². The van der Waals surface area contributed by atoms with E-state index in [1.54, 1.807) is 23.1 Å². The molecule has 0 unspecified atom stereocenters. The first kappa shape index (κ1) is 14.0. The summed E-state index contributed by atoms with van der Waals surface area (Å²) in [6.07, 6.45) is 5.86. The Balaban J connectivity index is 1.78. The van der Waals surface area contributed by atoms with E-state index in [4.69, 9.17) is 0 Å². The Labute approximate surface area is 112 Å².